The van der Waals surface area contributed by atoms with E-state index in [1.54, 1.807) is 18.3 Å². The summed E-state index contributed by atoms with van der Waals surface area (Å²) in [6.45, 7) is 0. The topological polar surface area (TPSA) is 56.2 Å². The van der Waals surface area contributed by atoms with Gasteiger partial charge in [-0.25, -0.2) is 18.3 Å². The van der Waals surface area contributed by atoms with Crippen molar-refractivity contribution in [1.82, 2.24) is 14.6 Å². The highest BCUT2D eigenvalue weighted by atomic mass is 19.2. The van der Waals surface area contributed by atoms with E-state index in [2.05, 4.69) is 10.1 Å². The minimum atomic E-state index is -0.925. The molecule has 2 N–H and O–H groups in total. The Morgan fingerprint density at radius 2 is 1.89 bits per heavy atom. The molecule has 3 aromatic rings. The molecule has 4 nitrogen and oxygen atoms in total. The van der Waals surface area contributed by atoms with E-state index in [9.17, 15) is 8.78 Å². The molecule has 0 aliphatic heterocycles. The van der Waals surface area contributed by atoms with Crippen LogP contribution >= 0.6 is 0 Å². The summed E-state index contributed by atoms with van der Waals surface area (Å²) in [7, 11) is 0. The quantitative estimate of drug-likeness (QED) is 0.716. The number of nitrogen functional groups attached to an aromatic ring is 1. The molecule has 0 fully saturated rings. The van der Waals surface area contributed by atoms with Gasteiger partial charge in [0.05, 0.1) is 0 Å². The molecule has 0 saturated heterocycles. The summed E-state index contributed by atoms with van der Waals surface area (Å²) in [6, 6.07) is 6.86. The maximum absolute atomic E-state index is 13.1. The van der Waals surface area contributed by atoms with Crippen LogP contribution in [0.1, 0.15) is 0 Å². The Morgan fingerprint density at radius 3 is 2.67 bits per heavy atom. The van der Waals surface area contributed by atoms with Crippen molar-refractivity contribution in [2.24, 2.45) is 0 Å². The fourth-order valence-corrected chi connectivity index (χ4v) is 1.65. The minimum absolute atomic E-state index is 0.319. The molecule has 90 valence electrons. The molecule has 18 heavy (non-hydrogen) atoms. The van der Waals surface area contributed by atoms with Gasteiger partial charge >= 0.3 is 0 Å². The summed E-state index contributed by atoms with van der Waals surface area (Å²) < 4.78 is 27.5. The molecule has 0 unspecified atom stereocenters. The minimum Gasteiger partial charge on any atom is -0.399 e. The third-order valence-electron chi connectivity index (χ3n) is 2.54. The second-order valence-electron chi connectivity index (χ2n) is 3.83. The van der Waals surface area contributed by atoms with Gasteiger partial charge in [-0.1, -0.05) is 0 Å². The summed E-state index contributed by atoms with van der Waals surface area (Å²) in [5, 5.41) is 4.16. The number of rotatable bonds is 1. The summed E-state index contributed by atoms with van der Waals surface area (Å²) >= 11 is 0. The molecule has 2 heterocycles. The summed E-state index contributed by atoms with van der Waals surface area (Å²) in [6.07, 6.45) is 1.65. The standard InChI is InChI=1S/C12H8F2N4/c13-9-2-1-7(5-10(9)14)12-16-11-6-8(15)3-4-18(11)17-12/h1-6H,15H2. The van der Waals surface area contributed by atoms with Crippen LogP contribution in [-0.2, 0) is 0 Å². The first kappa shape index (κ1) is 10.6. The number of fused-ring (bicyclic) bond motifs is 1. The monoisotopic (exact) mass is 246 g/mol. The second-order valence-corrected chi connectivity index (χ2v) is 3.83. The number of hydrogen-bond donors (Lipinski definition) is 1. The molecule has 0 amide bonds. The predicted molar refractivity (Wildman–Crippen MR) is 62.8 cm³/mol. The van der Waals surface area contributed by atoms with Crippen LogP contribution in [-0.4, -0.2) is 14.6 Å². The molecular weight excluding hydrogens is 238 g/mol. The van der Waals surface area contributed by atoms with Crippen LogP contribution in [0.5, 0.6) is 0 Å². The fourth-order valence-electron chi connectivity index (χ4n) is 1.65. The highest BCUT2D eigenvalue weighted by Gasteiger charge is 2.09. The normalized spacial score (nSPS) is 11.0. The van der Waals surface area contributed by atoms with Gasteiger partial charge < -0.3 is 5.73 Å². The van der Waals surface area contributed by atoms with Gasteiger partial charge in [-0.15, -0.1) is 5.10 Å². The van der Waals surface area contributed by atoms with Crippen molar-refractivity contribution in [2.45, 2.75) is 0 Å². The van der Waals surface area contributed by atoms with Crippen LogP contribution < -0.4 is 5.73 Å². The van der Waals surface area contributed by atoms with Crippen molar-refractivity contribution >= 4 is 11.3 Å². The number of anilines is 1. The van der Waals surface area contributed by atoms with Gasteiger partial charge in [0.1, 0.15) is 0 Å². The average molecular weight is 246 g/mol. The van der Waals surface area contributed by atoms with E-state index >= 15 is 0 Å². The van der Waals surface area contributed by atoms with Gasteiger partial charge in [-0.3, -0.25) is 0 Å². The number of benzene rings is 1. The zero-order valence-electron chi connectivity index (χ0n) is 9.14. The molecule has 0 atom stereocenters. The van der Waals surface area contributed by atoms with E-state index in [-0.39, 0.29) is 0 Å². The first-order valence-electron chi connectivity index (χ1n) is 5.21. The molecule has 0 saturated carbocycles. The van der Waals surface area contributed by atoms with Crippen LogP contribution in [0.2, 0.25) is 0 Å². The third kappa shape index (κ3) is 1.67. The Hall–Kier alpha value is -2.50. The summed E-state index contributed by atoms with van der Waals surface area (Å²) in [5.74, 6) is -1.50. The van der Waals surface area contributed by atoms with E-state index in [1.165, 1.54) is 10.6 Å². The number of hydrogen-bond acceptors (Lipinski definition) is 3. The fraction of sp³-hybridized carbons (Fsp3) is 0. The maximum Gasteiger partial charge on any atom is 0.182 e. The average Bonchev–Trinajstić information content (AvgIpc) is 2.75. The summed E-state index contributed by atoms with van der Waals surface area (Å²) in [5.41, 5.74) is 7.15. The smallest absolute Gasteiger partial charge is 0.182 e. The van der Waals surface area contributed by atoms with Crippen molar-refractivity contribution in [1.29, 1.82) is 0 Å². The molecule has 0 bridgehead atoms. The number of aromatic nitrogens is 3. The molecule has 3 rings (SSSR count). The maximum atomic E-state index is 13.1. The zero-order valence-corrected chi connectivity index (χ0v) is 9.14. The number of nitrogens with two attached hydrogens (primary N) is 1. The Balaban J connectivity index is 2.16. The Bertz CT molecular complexity index is 736. The molecule has 1 aromatic carbocycles. The molecule has 2 aromatic heterocycles. The van der Waals surface area contributed by atoms with Gasteiger partial charge in [-0.05, 0) is 24.3 Å². The van der Waals surface area contributed by atoms with Gasteiger partial charge in [0.25, 0.3) is 0 Å². The number of halogens is 2. The third-order valence-corrected chi connectivity index (χ3v) is 2.54. The zero-order chi connectivity index (χ0) is 12.7. The van der Waals surface area contributed by atoms with Crippen molar-refractivity contribution in [3.8, 4) is 11.4 Å². The Morgan fingerprint density at radius 1 is 1.06 bits per heavy atom. The van der Waals surface area contributed by atoms with Crippen LogP contribution in [0, 0.1) is 11.6 Å². The van der Waals surface area contributed by atoms with E-state index < -0.39 is 11.6 Å². The molecular formula is C12H8F2N4. The highest BCUT2D eigenvalue weighted by molar-refractivity contribution is 5.60. The van der Waals surface area contributed by atoms with E-state index in [0.29, 0.717) is 22.7 Å². The largest absolute Gasteiger partial charge is 0.399 e. The van der Waals surface area contributed by atoms with Gasteiger partial charge in [0.15, 0.2) is 23.1 Å². The van der Waals surface area contributed by atoms with Crippen LogP contribution in [0.15, 0.2) is 36.5 Å². The molecule has 0 aliphatic carbocycles. The van der Waals surface area contributed by atoms with E-state index in [1.807, 2.05) is 0 Å². The van der Waals surface area contributed by atoms with Crippen LogP contribution in [0.4, 0.5) is 14.5 Å². The van der Waals surface area contributed by atoms with Crippen LogP contribution in [0.25, 0.3) is 17.0 Å². The van der Waals surface area contributed by atoms with Crippen LogP contribution in [0.3, 0.4) is 0 Å². The van der Waals surface area contributed by atoms with E-state index in [4.69, 9.17) is 5.73 Å². The van der Waals surface area contributed by atoms with E-state index in [0.717, 1.165) is 12.1 Å². The highest BCUT2D eigenvalue weighted by Crippen LogP contribution is 2.19. The van der Waals surface area contributed by atoms with Crippen molar-refractivity contribution < 1.29 is 8.78 Å². The Kier molecular flexibility index (Phi) is 2.22. The van der Waals surface area contributed by atoms with Gasteiger partial charge in [-0.2, -0.15) is 0 Å². The molecule has 0 spiro atoms. The van der Waals surface area contributed by atoms with Crippen molar-refractivity contribution in [3.05, 3.63) is 48.2 Å². The molecule has 6 heteroatoms. The van der Waals surface area contributed by atoms with Gasteiger partial charge in [0.2, 0.25) is 0 Å². The first-order chi connectivity index (χ1) is 8.63. The van der Waals surface area contributed by atoms with Gasteiger partial charge in [0, 0.05) is 23.5 Å². The van der Waals surface area contributed by atoms with Crippen molar-refractivity contribution in [2.75, 3.05) is 5.73 Å². The first-order valence-corrected chi connectivity index (χ1v) is 5.21. The molecule has 0 radical (unpaired) electrons. The molecule has 0 aliphatic rings. The number of nitrogens with zero attached hydrogens (tertiary/aromatic N) is 3. The second kappa shape index (κ2) is 3.76. The lowest BCUT2D eigenvalue weighted by Gasteiger charge is -1.95. The van der Waals surface area contributed by atoms with Crippen molar-refractivity contribution in [3.63, 3.8) is 0 Å². The summed E-state index contributed by atoms with van der Waals surface area (Å²) in [4.78, 5) is 4.20. The lowest BCUT2D eigenvalue weighted by atomic mass is 10.2. The number of pyridine rings is 1. The lowest BCUT2D eigenvalue weighted by molar-refractivity contribution is 0.509. The SMILES string of the molecule is Nc1ccn2nc(-c3ccc(F)c(F)c3)nc2c1. The lowest BCUT2D eigenvalue weighted by Crippen LogP contribution is -1.90. The predicted octanol–water partition coefficient (Wildman–Crippen LogP) is 2.26. The Labute approximate surface area is 101 Å².